The highest BCUT2D eigenvalue weighted by Gasteiger charge is 2.10. The maximum absolute atomic E-state index is 5.79. The molecule has 2 heterocycles. The van der Waals surface area contributed by atoms with E-state index in [0.29, 0.717) is 0 Å². The number of halogens is 1. The Bertz CT molecular complexity index is 690. The SMILES string of the molecule is Cn1c(-c2ccnc(Cl)n2)nc2ccccc21. The van der Waals surface area contributed by atoms with Gasteiger partial charge < -0.3 is 4.57 Å². The van der Waals surface area contributed by atoms with Gasteiger partial charge in [-0.05, 0) is 29.8 Å². The van der Waals surface area contributed by atoms with Crippen molar-refractivity contribution in [3.63, 3.8) is 0 Å². The minimum absolute atomic E-state index is 0.231. The van der Waals surface area contributed by atoms with Crippen LogP contribution >= 0.6 is 11.6 Å². The highest BCUT2D eigenvalue weighted by molar-refractivity contribution is 6.28. The van der Waals surface area contributed by atoms with Gasteiger partial charge in [-0.15, -0.1) is 0 Å². The van der Waals surface area contributed by atoms with Crippen molar-refractivity contribution in [1.82, 2.24) is 19.5 Å². The number of hydrogen-bond donors (Lipinski definition) is 0. The maximum atomic E-state index is 5.79. The molecule has 0 radical (unpaired) electrons. The number of aromatic nitrogens is 4. The van der Waals surface area contributed by atoms with E-state index in [0.717, 1.165) is 22.6 Å². The van der Waals surface area contributed by atoms with E-state index in [1.165, 1.54) is 0 Å². The summed E-state index contributed by atoms with van der Waals surface area (Å²) in [5, 5.41) is 0.231. The average molecular weight is 245 g/mol. The van der Waals surface area contributed by atoms with Crippen LogP contribution < -0.4 is 0 Å². The molecular weight excluding hydrogens is 236 g/mol. The van der Waals surface area contributed by atoms with Crippen molar-refractivity contribution in [1.29, 1.82) is 0 Å². The third kappa shape index (κ3) is 1.66. The largest absolute Gasteiger partial charge is 0.326 e. The quantitative estimate of drug-likeness (QED) is 0.618. The Morgan fingerprint density at radius 3 is 2.71 bits per heavy atom. The van der Waals surface area contributed by atoms with Crippen LogP contribution in [0.4, 0.5) is 0 Å². The first-order valence-corrected chi connectivity index (χ1v) is 5.54. The van der Waals surface area contributed by atoms with Crippen LogP contribution in [0.3, 0.4) is 0 Å². The molecule has 0 atom stereocenters. The van der Waals surface area contributed by atoms with Crippen LogP contribution in [-0.2, 0) is 7.05 Å². The van der Waals surface area contributed by atoms with E-state index in [1.807, 2.05) is 35.9 Å². The predicted molar refractivity (Wildman–Crippen MR) is 66.8 cm³/mol. The summed E-state index contributed by atoms with van der Waals surface area (Å²) in [5.74, 6) is 0.788. The maximum Gasteiger partial charge on any atom is 0.222 e. The molecular formula is C12H9ClN4. The van der Waals surface area contributed by atoms with Crippen LogP contribution in [0.15, 0.2) is 36.5 Å². The van der Waals surface area contributed by atoms with Gasteiger partial charge in [0.25, 0.3) is 0 Å². The molecule has 0 saturated carbocycles. The number of aryl methyl sites for hydroxylation is 1. The lowest BCUT2D eigenvalue weighted by atomic mass is 10.3. The summed E-state index contributed by atoms with van der Waals surface area (Å²) in [6.07, 6.45) is 1.63. The van der Waals surface area contributed by atoms with E-state index < -0.39 is 0 Å². The van der Waals surface area contributed by atoms with E-state index in [4.69, 9.17) is 11.6 Å². The molecule has 0 N–H and O–H groups in total. The number of para-hydroxylation sites is 2. The zero-order chi connectivity index (χ0) is 11.8. The zero-order valence-electron chi connectivity index (χ0n) is 9.13. The van der Waals surface area contributed by atoms with Gasteiger partial charge in [0, 0.05) is 13.2 Å². The van der Waals surface area contributed by atoms with Crippen LogP contribution in [-0.4, -0.2) is 19.5 Å². The highest BCUT2D eigenvalue weighted by atomic mass is 35.5. The summed E-state index contributed by atoms with van der Waals surface area (Å²) >= 11 is 5.79. The van der Waals surface area contributed by atoms with Crippen LogP contribution in [0.25, 0.3) is 22.6 Å². The van der Waals surface area contributed by atoms with E-state index in [1.54, 1.807) is 12.3 Å². The molecule has 2 aromatic heterocycles. The molecule has 1 aromatic carbocycles. The van der Waals surface area contributed by atoms with E-state index >= 15 is 0 Å². The fourth-order valence-electron chi connectivity index (χ4n) is 1.83. The molecule has 0 saturated heterocycles. The summed E-state index contributed by atoms with van der Waals surface area (Å²) in [5.41, 5.74) is 2.74. The standard InChI is InChI=1S/C12H9ClN4/c1-17-10-5-3-2-4-8(10)15-11(17)9-6-7-14-12(13)16-9/h2-7H,1H3. The van der Waals surface area contributed by atoms with Crippen molar-refractivity contribution >= 4 is 22.6 Å². The molecule has 3 rings (SSSR count). The molecule has 17 heavy (non-hydrogen) atoms. The third-order valence-electron chi connectivity index (χ3n) is 2.64. The van der Waals surface area contributed by atoms with Gasteiger partial charge in [0.2, 0.25) is 5.28 Å². The van der Waals surface area contributed by atoms with Crippen LogP contribution in [0.5, 0.6) is 0 Å². The molecule has 0 bridgehead atoms. The van der Waals surface area contributed by atoms with Crippen LogP contribution in [0, 0.1) is 0 Å². The summed E-state index contributed by atoms with van der Waals surface area (Å²) < 4.78 is 1.99. The summed E-state index contributed by atoms with van der Waals surface area (Å²) in [6.45, 7) is 0. The van der Waals surface area contributed by atoms with Crippen molar-refractivity contribution in [3.05, 3.63) is 41.8 Å². The van der Waals surface area contributed by atoms with Gasteiger partial charge in [0.1, 0.15) is 5.69 Å². The number of benzene rings is 1. The van der Waals surface area contributed by atoms with Gasteiger partial charge in [0.15, 0.2) is 5.82 Å². The Kier molecular flexibility index (Phi) is 2.30. The van der Waals surface area contributed by atoms with Gasteiger partial charge in [-0.25, -0.2) is 15.0 Å². The van der Waals surface area contributed by atoms with Gasteiger partial charge >= 0.3 is 0 Å². The molecule has 0 aliphatic carbocycles. The fourth-order valence-corrected chi connectivity index (χ4v) is 1.98. The van der Waals surface area contributed by atoms with Crippen molar-refractivity contribution in [3.8, 4) is 11.5 Å². The van der Waals surface area contributed by atoms with Gasteiger partial charge in [-0.3, -0.25) is 0 Å². The van der Waals surface area contributed by atoms with E-state index in [9.17, 15) is 0 Å². The van der Waals surface area contributed by atoms with Crippen molar-refractivity contribution in [2.75, 3.05) is 0 Å². The lowest BCUT2D eigenvalue weighted by Crippen LogP contribution is -1.95. The molecule has 3 aromatic rings. The van der Waals surface area contributed by atoms with Crippen molar-refractivity contribution in [2.45, 2.75) is 0 Å². The van der Waals surface area contributed by atoms with Gasteiger partial charge in [-0.1, -0.05) is 12.1 Å². The molecule has 4 nitrogen and oxygen atoms in total. The van der Waals surface area contributed by atoms with Crippen molar-refractivity contribution in [2.24, 2.45) is 7.05 Å². The number of imidazole rings is 1. The lowest BCUT2D eigenvalue weighted by molar-refractivity contribution is 0.947. The van der Waals surface area contributed by atoms with Crippen molar-refractivity contribution < 1.29 is 0 Å². The number of fused-ring (bicyclic) bond motifs is 1. The Hall–Kier alpha value is -1.94. The summed E-state index contributed by atoms with van der Waals surface area (Å²) in [6, 6.07) is 9.75. The summed E-state index contributed by atoms with van der Waals surface area (Å²) in [7, 11) is 1.96. The smallest absolute Gasteiger partial charge is 0.222 e. The fraction of sp³-hybridized carbons (Fsp3) is 0.0833. The van der Waals surface area contributed by atoms with Gasteiger partial charge in [-0.2, -0.15) is 0 Å². The molecule has 5 heteroatoms. The Labute approximate surface area is 103 Å². The van der Waals surface area contributed by atoms with Crippen LogP contribution in [0.1, 0.15) is 0 Å². The van der Waals surface area contributed by atoms with Gasteiger partial charge in [0.05, 0.1) is 11.0 Å². The van der Waals surface area contributed by atoms with Crippen LogP contribution in [0.2, 0.25) is 5.28 Å². The first-order valence-electron chi connectivity index (χ1n) is 5.16. The first kappa shape index (κ1) is 10.2. The second-order valence-electron chi connectivity index (χ2n) is 3.69. The Balaban J connectivity index is 2.27. The topological polar surface area (TPSA) is 43.6 Å². The predicted octanol–water partition coefficient (Wildman–Crippen LogP) is 2.68. The second-order valence-corrected chi connectivity index (χ2v) is 4.03. The molecule has 84 valence electrons. The highest BCUT2D eigenvalue weighted by Crippen LogP contribution is 2.22. The molecule has 0 aliphatic rings. The minimum atomic E-state index is 0.231. The number of rotatable bonds is 1. The summed E-state index contributed by atoms with van der Waals surface area (Å²) in [4.78, 5) is 12.6. The minimum Gasteiger partial charge on any atom is -0.326 e. The monoisotopic (exact) mass is 244 g/mol. The third-order valence-corrected chi connectivity index (χ3v) is 2.82. The Morgan fingerprint density at radius 1 is 1.12 bits per heavy atom. The molecule has 0 aliphatic heterocycles. The Morgan fingerprint density at radius 2 is 1.94 bits per heavy atom. The normalized spacial score (nSPS) is 10.9. The number of hydrogen-bond acceptors (Lipinski definition) is 3. The molecule has 0 spiro atoms. The second kappa shape index (κ2) is 3.82. The molecule has 0 fully saturated rings. The number of nitrogens with zero attached hydrogens (tertiary/aromatic N) is 4. The lowest BCUT2D eigenvalue weighted by Gasteiger charge is -2.01. The molecule has 0 amide bonds. The molecule has 0 unspecified atom stereocenters. The van der Waals surface area contributed by atoms with E-state index in [2.05, 4.69) is 15.0 Å². The average Bonchev–Trinajstić information content (AvgIpc) is 2.68. The van der Waals surface area contributed by atoms with E-state index in [-0.39, 0.29) is 5.28 Å². The zero-order valence-corrected chi connectivity index (χ0v) is 9.89. The first-order chi connectivity index (χ1) is 8.25.